The number of hydrogen-bond acceptors (Lipinski definition) is 6. The maximum atomic E-state index is 12.4. The van der Waals surface area contributed by atoms with Crippen LogP contribution in [0.4, 0.5) is 5.69 Å². The van der Waals surface area contributed by atoms with Gasteiger partial charge in [0, 0.05) is 24.1 Å². The second-order valence-electron chi connectivity index (χ2n) is 7.11. The van der Waals surface area contributed by atoms with E-state index in [1.165, 1.54) is 0 Å². The molecule has 0 spiro atoms. The zero-order valence-electron chi connectivity index (χ0n) is 17.2. The van der Waals surface area contributed by atoms with Crippen LogP contribution >= 0.6 is 0 Å². The largest absolute Gasteiger partial charge is 0.490 e. The molecule has 1 amide bonds. The molecule has 0 unspecified atom stereocenters. The Hall–Kier alpha value is -3.35. The molecule has 0 aliphatic carbocycles. The number of carbonyl (C=O) groups excluding carboxylic acids is 3. The third-order valence-electron chi connectivity index (χ3n) is 4.74. The van der Waals surface area contributed by atoms with Crippen LogP contribution in [0.15, 0.2) is 36.4 Å². The average molecular weight is 411 g/mol. The Morgan fingerprint density at radius 3 is 2.40 bits per heavy atom. The van der Waals surface area contributed by atoms with Crippen molar-refractivity contribution in [3.05, 3.63) is 53.1 Å². The van der Waals surface area contributed by atoms with Gasteiger partial charge in [0.25, 0.3) is 5.91 Å². The number of aryl methyl sites for hydroxylation is 2. The molecule has 0 atom stereocenters. The van der Waals surface area contributed by atoms with Crippen LogP contribution in [0.1, 0.15) is 40.7 Å². The average Bonchev–Trinajstić information content (AvgIpc) is 2.98. The molecule has 0 saturated carbocycles. The van der Waals surface area contributed by atoms with Gasteiger partial charge in [-0.15, -0.1) is 0 Å². The summed E-state index contributed by atoms with van der Waals surface area (Å²) in [6, 6.07) is 10.7. The number of esters is 1. The Morgan fingerprint density at radius 2 is 1.67 bits per heavy atom. The third-order valence-corrected chi connectivity index (χ3v) is 4.74. The minimum absolute atomic E-state index is 0.0169. The van der Waals surface area contributed by atoms with E-state index in [2.05, 4.69) is 5.32 Å². The quantitative estimate of drug-likeness (QED) is 0.553. The maximum Gasteiger partial charge on any atom is 0.306 e. The van der Waals surface area contributed by atoms with E-state index in [9.17, 15) is 14.4 Å². The van der Waals surface area contributed by atoms with Gasteiger partial charge in [0.05, 0.1) is 19.6 Å². The minimum Gasteiger partial charge on any atom is -0.490 e. The van der Waals surface area contributed by atoms with E-state index in [4.69, 9.17) is 14.2 Å². The molecule has 1 heterocycles. The molecule has 0 aromatic heterocycles. The van der Waals surface area contributed by atoms with E-state index in [0.717, 1.165) is 17.5 Å². The topological polar surface area (TPSA) is 90.9 Å². The summed E-state index contributed by atoms with van der Waals surface area (Å²) in [5.41, 5.74) is 3.01. The van der Waals surface area contributed by atoms with Gasteiger partial charge < -0.3 is 19.5 Å². The van der Waals surface area contributed by atoms with Crippen LogP contribution in [0.25, 0.3) is 0 Å². The molecule has 0 fully saturated rings. The highest BCUT2D eigenvalue weighted by Gasteiger charge is 2.16. The molecular weight excluding hydrogens is 386 g/mol. The number of benzene rings is 2. The van der Waals surface area contributed by atoms with E-state index >= 15 is 0 Å². The van der Waals surface area contributed by atoms with Gasteiger partial charge in [-0.25, -0.2) is 0 Å². The number of rotatable bonds is 7. The van der Waals surface area contributed by atoms with Crippen LogP contribution in [0.5, 0.6) is 11.5 Å². The van der Waals surface area contributed by atoms with Gasteiger partial charge in [0.2, 0.25) is 0 Å². The number of Topliss-reactive ketones (excluding diaryl/α,β-unsaturated/α-hetero) is 1. The van der Waals surface area contributed by atoms with Crippen LogP contribution in [-0.4, -0.2) is 37.5 Å². The van der Waals surface area contributed by atoms with Crippen LogP contribution in [0, 0.1) is 13.8 Å². The molecule has 7 heteroatoms. The summed E-state index contributed by atoms with van der Waals surface area (Å²) in [6.45, 7) is 4.48. The van der Waals surface area contributed by atoms with Gasteiger partial charge in [0.1, 0.15) is 0 Å². The standard InChI is InChI=1S/C23H25NO6/c1-15-5-3-6-16(2)23(15)24-21(26)14-30-22(27)10-8-18(25)17-7-9-19-20(13-17)29-12-4-11-28-19/h3,5-7,9,13H,4,8,10-12,14H2,1-2H3,(H,24,26). The zero-order valence-corrected chi connectivity index (χ0v) is 17.2. The fourth-order valence-electron chi connectivity index (χ4n) is 3.10. The lowest BCUT2D eigenvalue weighted by Crippen LogP contribution is -2.22. The van der Waals surface area contributed by atoms with Crippen molar-refractivity contribution in [2.45, 2.75) is 33.1 Å². The lowest BCUT2D eigenvalue weighted by Gasteiger charge is -2.11. The van der Waals surface area contributed by atoms with E-state index in [0.29, 0.717) is 36.0 Å². The Kier molecular flexibility index (Phi) is 7.06. The molecule has 158 valence electrons. The highest BCUT2D eigenvalue weighted by atomic mass is 16.5. The van der Waals surface area contributed by atoms with Crippen LogP contribution in [0.3, 0.4) is 0 Å². The smallest absolute Gasteiger partial charge is 0.306 e. The summed E-state index contributed by atoms with van der Waals surface area (Å²) >= 11 is 0. The number of fused-ring (bicyclic) bond motifs is 1. The number of carbonyl (C=O) groups is 3. The first-order chi connectivity index (χ1) is 14.4. The molecule has 0 bridgehead atoms. The molecule has 30 heavy (non-hydrogen) atoms. The van der Waals surface area contributed by atoms with Crippen molar-refractivity contribution < 1.29 is 28.6 Å². The van der Waals surface area contributed by atoms with Crippen LogP contribution in [0.2, 0.25) is 0 Å². The van der Waals surface area contributed by atoms with E-state index in [-0.39, 0.29) is 18.6 Å². The van der Waals surface area contributed by atoms with Gasteiger partial charge >= 0.3 is 5.97 Å². The van der Waals surface area contributed by atoms with Crippen molar-refractivity contribution >= 4 is 23.3 Å². The fourth-order valence-corrected chi connectivity index (χ4v) is 3.10. The summed E-state index contributed by atoms with van der Waals surface area (Å²) in [7, 11) is 0. The maximum absolute atomic E-state index is 12.4. The van der Waals surface area contributed by atoms with Crippen molar-refractivity contribution in [1.29, 1.82) is 0 Å². The lowest BCUT2D eigenvalue weighted by atomic mass is 10.1. The van der Waals surface area contributed by atoms with Crippen molar-refractivity contribution in [2.24, 2.45) is 0 Å². The molecule has 0 saturated heterocycles. The number of para-hydroxylation sites is 1. The third kappa shape index (κ3) is 5.59. The second-order valence-corrected chi connectivity index (χ2v) is 7.11. The van der Waals surface area contributed by atoms with Crippen LogP contribution in [-0.2, 0) is 14.3 Å². The molecule has 2 aromatic rings. The van der Waals surface area contributed by atoms with Gasteiger partial charge in [-0.3, -0.25) is 14.4 Å². The van der Waals surface area contributed by atoms with Gasteiger partial charge in [0.15, 0.2) is 23.9 Å². The molecule has 7 nitrogen and oxygen atoms in total. The predicted molar refractivity (Wildman–Crippen MR) is 111 cm³/mol. The summed E-state index contributed by atoms with van der Waals surface area (Å²) in [6.07, 6.45) is 0.654. The highest BCUT2D eigenvalue weighted by molar-refractivity contribution is 5.98. The molecule has 1 aliphatic rings. The number of nitrogens with one attached hydrogen (secondary N) is 1. The molecular formula is C23H25NO6. The predicted octanol–water partition coefficient (Wildman–Crippen LogP) is 3.61. The number of ether oxygens (including phenoxy) is 3. The first-order valence-corrected chi connectivity index (χ1v) is 9.88. The van der Waals surface area contributed by atoms with E-state index in [1.807, 2.05) is 32.0 Å². The van der Waals surface area contributed by atoms with Crippen molar-refractivity contribution in [3.8, 4) is 11.5 Å². The van der Waals surface area contributed by atoms with Crippen molar-refractivity contribution in [3.63, 3.8) is 0 Å². The van der Waals surface area contributed by atoms with Crippen molar-refractivity contribution in [2.75, 3.05) is 25.1 Å². The number of anilines is 1. The SMILES string of the molecule is Cc1cccc(C)c1NC(=O)COC(=O)CCC(=O)c1ccc2c(c1)OCCCO2. The zero-order chi connectivity index (χ0) is 21.5. The molecule has 0 radical (unpaired) electrons. The van der Waals surface area contributed by atoms with Gasteiger partial charge in [-0.05, 0) is 43.2 Å². The fraction of sp³-hybridized carbons (Fsp3) is 0.348. The summed E-state index contributed by atoms with van der Waals surface area (Å²) in [4.78, 5) is 36.4. The minimum atomic E-state index is -0.602. The van der Waals surface area contributed by atoms with Gasteiger partial charge in [-0.1, -0.05) is 18.2 Å². The van der Waals surface area contributed by atoms with Crippen molar-refractivity contribution in [1.82, 2.24) is 0 Å². The first-order valence-electron chi connectivity index (χ1n) is 9.88. The number of hydrogen-bond donors (Lipinski definition) is 1. The molecule has 1 aliphatic heterocycles. The normalized spacial score (nSPS) is 12.6. The summed E-state index contributed by atoms with van der Waals surface area (Å²) in [5, 5.41) is 2.75. The Bertz CT molecular complexity index is 932. The van der Waals surface area contributed by atoms with Gasteiger partial charge in [-0.2, -0.15) is 0 Å². The lowest BCUT2D eigenvalue weighted by molar-refractivity contribution is -0.147. The Labute approximate surface area is 175 Å². The molecule has 3 rings (SSSR count). The van der Waals surface area contributed by atoms with E-state index in [1.54, 1.807) is 18.2 Å². The summed E-state index contributed by atoms with van der Waals surface area (Å²) < 4.78 is 16.1. The summed E-state index contributed by atoms with van der Waals surface area (Å²) in [5.74, 6) is -0.0885. The Morgan fingerprint density at radius 1 is 0.967 bits per heavy atom. The monoisotopic (exact) mass is 411 g/mol. The number of amides is 1. The Balaban J connectivity index is 1.46. The molecule has 2 aromatic carbocycles. The van der Waals surface area contributed by atoms with Crippen LogP contribution < -0.4 is 14.8 Å². The highest BCUT2D eigenvalue weighted by Crippen LogP contribution is 2.30. The number of ketones is 1. The van der Waals surface area contributed by atoms with E-state index < -0.39 is 18.5 Å². The second kappa shape index (κ2) is 9.91. The first kappa shape index (κ1) is 21.4. The molecule has 1 N–H and O–H groups in total.